The predicted molar refractivity (Wildman–Crippen MR) is 95.4 cm³/mol. The summed E-state index contributed by atoms with van der Waals surface area (Å²) in [5.74, 6) is 0.183. The van der Waals surface area contributed by atoms with Crippen LogP contribution in [0.2, 0.25) is 0 Å². The summed E-state index contributed by atoms with van der Waals surface area (Å²) in [6.07, 6.45) is 2.12. The topological polar surface area (TPSA) is 58.1 Å². The van der Waals surface area contributed by atoms with Crippen LogP contribution in [0.15, 0.2) is 46.6 Å². The fourth-order valence-electron chi connectivity index (χ4n) is 3.48. The SMILES string of the molecule is O=C(Cc1cccs1)N1CCC(n2c(=O)[nH]c3ccccc32)CC1. The Kier molecular flexibility index (Phi) is 3.98. The molecule has 1 N–H and O–H groups in total. The van der Waals surface area contributed by atoms with Crippen molar-refractivity contribution in [1.82, 2.24) is 14.5 Å². The van der Waals surface area contributed by atoms with Crippen LogP contribution < -0.4 is 5.69 Å². The van der Waals surface area contributed by atoms with E-state index >= 15 is 0 Å². The molecule has 1 aliphatic rings. The number of amides is 1. The number of para-hydroxylation sites is 2. The molecule has 0 bridgehead atoms. The molecule has 1 fully saturated rings. The van der Waals surface area contributed by atoms with E-state index in [1.807, 2.05) is 51.2 Å². The predicted octanol–water partition coefficient (Wildman–Crippen LogP) is 2.80. The number of carbonyl (C=O) groups excluding carboxylic acids is 1. The second-order valence-corrected chi connectivity index (χ2v) is 7.22. The van der Waals surface area contributed by atoms with Gasteiger partial charge in [0.05, 0.1) is 17.5 Å². The molecule has 6 heteroatoms. The number of nitrogens with zero attached hydrogens (tertiary/aromatic N) is 2. The molecule has 1 amide bonds. The minimum absolute atomic E-state index is 0.0560. The molecule has 124 valence electrons. The Morgan fingerprint density at radius 2 is 1.96 bits per heavy atom. The maximum absolute atomic E-state index is 12.4. The fraction of sp³-hybridized carbons (Fsp3) is 0.333. The number of aromatic nitrogens is 2. The molecule has 2 aromatic heterocycles. The van der Waals surface area contributed by atoms with Gasteiger partial charge in [0.15, 0.2) is 0 Å². The van der Waals surface area contributed by atoms with Gasteiger partial charge in [0.2, 0.25) is 5.91 Å². The molecule has 24 heavy (non-hydrogen) atoms. The first kappa shape index (κ1) is 15.2. The van der Waals surface area contributed by atoms with Crippen molar-refractivity contribution in [3.63, 3.8) is 0 Å². The van der Waals surface area contributed by atoms with E-state index in [1.54, 1.807) is 11.3 Å². The first-order valence-corrected chi connectivity index (χ1v) is 9.10. The molecule has 1 saturated heterocycles. The molecule has 4 rings (SSSR count). The second kappa shape index (κ2) is 6.28. The summed E-state index contributed by atoms with van der Waals surface area (Å²) in [4.78, 5) is 30.6. The van der Waals surface area contributed by atoms with Crippen molar-refractivity contribution < 1.29 is 4.79 Å². The zero-order valence-electron chi connectivity index (χ0n) is 13.3. The molecule has 0 aliphatic carbocycles. The summed E-state index contributed by atoms with van der Waals surface area (Å²) in [5, 5.41) is 2.00. The molecule has 3 aromatic rings. The summed E-state index contributed by atoms with van der Waals surface area (Å²) >= 11 is 1.62. The first-order chi connectivity index (χ1) is 11.7. The Morgan fingerprint density at radius 3 is 2.71 bits per heavy atom. The average Bonchev–Trinajstić information content (AvgIpc) is 3.21. The third-order valence-electron chi connectivity index (χ3n) is 4.71. The zero-order chi connectivity index (χ0) is 16.5. The molecule has 3 heterocycles. The number of fused-ring (bicyclic) bond motifs is 1. The standard InChI is InChI=1S/C18H19N3O2S/c22-17(12-14-4-3-11-24-14)20-9-7-13(8-10-20)21-16-6-2-1-5-15(16)19-18(21)23/h1-6,11,13H,7-10,12H2,(H,19,23). The lowest BCUT2D eigenvalue weighted by molar-refractivity contribution is -0.131. The Bertz CT molecular complexity index is 902. The number of hydrogen-bond donors (Lipinski definition) is 1. The molecule has 0 atom stereocenters. The monoisotopic (exact) mass is 341 g/mol. The van der Waals surface area contributed by atoms with Gasteiger partial charge in [-0.05, 0) is 36.4 Å². The molecule has 5 nitrogen and oxygen atoms in total. The number of piperidine rings is 1. The van der Waals surface area contributed by atoms with Crippen molar-refractivity contribution in [3.8, 4) is 0 Å². The number of aromatic amines is 1. The normalized spacial score (nSPS) is 15.9. The van der Waals surface area contributed by atoms with Crippen LogP contribution in [-0.4, -0.2) is 33.4 Å². The smallest absolute Gasteiger partial charge is 0.326 e. The highest BCUT2D eigenvalue weighted by molar-refractivity contribution is 7.10. The van der Waals surface area contributed by atoms with Crippen molar-refractivity contribution in [2.75, 3.05) is 13.1 Å². The van der Waals surface area contributed by atoms with Crippen LogP contribution in [0.1, 0.15) is 23.8 Å². The molecule has 1 aliphatic heterocycles. The van der Waals surface area contributed by atoms with E-state index in [-0.39, 0.29) is 17.6 Å². The van der Waals surface area contributed by atoms with Gasteiger partial charge in [-0.25, -0.2) is 4.79 Å². The summed E-state index contributed by atoms with van der Waals surface area (Å²) in [6, 6.07) is 11.9. The number of thiophene rings is 1. The van der Waals surface area contributed by atoms with Crippen LogP contribution in [-0.2, 0) is 11.2 Å². The Labute approximate surface area is 143 Å². The van der Waals surface area contributed by atoms with Crippen molar-refractivity contribution in [2.24, 2.45) is 0 Å². The quantitative estimate of drug-likeness (QED) is 0.796. The van der Waals surface area contributed by atoms with E-state index in [0.717, 1.165) is 28.8 Å². The molecule has 0 radical (unpaired) electrons. The number of carbonyl (C=O) groups is 1. The summed E-state index contributed by atoms with van der Waals surface area (Å²) < 4.78 is 1.86. The van der Waals surface area contributed by atoms with Gasteiger partial charge in [0.25, 0.3) is 0 Å². The van der Waals surface area contributed by atoms with Gasteiger partial charge in [0.1, 0.15) is 0 Å². The highest BCUT2D eigenvalue weighted by atomic mass is 32.1. The van der Waals surface area contributed by atoms with Gasteiger partial charge in [0, 0.05) is 24.0 Å². The zero-order valence-corrected chi connectivity index (χ0v) is 14.1. The number of benzene rings is 1. The Hall–Kier alpha value is -2.34. The van der Waals surface area contributed by atoms with Gasteiger partial charge in [-0.15, -0.1) is 11.3 Å². The molecule has 1 aromatic carbocycles. The third kappa shape index (κ3) is 2.78. The average molecular weight is 341 g/mol. The van der Waals surface area contributed by atoms with Gasteiger partial charge in [-0.3, -0.25) is 9.36 Å². The molecular formula is C18H19N3O2S. The van der Waals surface area contributed by atoms with Gasteiger partial charge in [-0.2, -0.15) is 0 Å². The number of H-pyrrole nitrogens is 1. The highest BCUT2D eigenvalue weighted by Crippen LogP contribution is 2.25. The van der Waals surface area contributed by atoms with Crippen LogP contribution >= 0.6 is 11.3 Å². The lowest BCUT2D eigenvalue weighted by atomic mass is 10.0. The fourth-order valence-corrected chi connectivity index (χ4v) is 4.18. The first-order valence-electron chi connectivity index (χ1n) is 8.22. The molecule has 0 saturated carbocycles. The summed E-state index contributed by atoms with van der Waals surface area (Å²) in [7, 11) is 0. The van der Waals surface area contributed by atoms with Crippen molar-refractivity contribution >= 4 is 28.3 Å². The molecule has 0 unspecified atom stereocenters. The number of rotatable bonds is 3. The van der Waals surface area contributed by atoms with Crippen LogP contribution in [0.25, 0.3) is 11.0 Å². The number of likely N-dealkylation sites (tertiary alicyclic amines) is 1. The molecule has 0 spiro atoms. The minimum atomic E-state index is -0.0560. The van der Waals surface area contributed by atoms with E-state index in [4.69, 9.17) is 0 Å². The van der Waals surface area contributed by atoms with E-state index in [9.17, 15) is 9.59 Å². The van der Waals surface area contributed by atoms with Crippen molar-refractivity contribution in [3.05, 3.63) is 57.1 Å². The second-order valence-electron chi connectivity index (χ2n) is 6.19. The van der Waals surface area contributed by atoms with E-state index < -0.39 is 0 Å². The van der Waals surface area contributed by atoms with Gasteiger partial charge < -0.3 is 9.88 Å². The maximum Gasteiger partial charge on any atom is 0.326 e. The van der Waals surface area contributed by atoms with Crippen molar-refractivity contribution in [1.29, 1.82) is 0 Å². The third-order valence-corrected chi connectivity index (χ3v) is 5.59. The lowest BCUT2D eigenvalue weighted by Gasteiger charge is -2.32. The largest absolute Gasteiger partial charge is 0.342 e. The maximum atomic E-state index is 12.4. The van der Waals surface area contributed by atoms with E-state index in [0.29, 0.717) is 19.5 Å². The summed E-state index contributed by atoms with van der Waals surface area (Å²) in [6.45, 7) is 1.42. The minimum Gasteiger partial charge on any atom is -0.342 e. The van der Waals surface area contributed by atoms with E-state index in [2.05, 4.69) is 4.98 Å². The van der Waals surface area contributed by atoms with E-state index in [1.165, 1.54) is 0 Å². The number of hydrogen-bond acceptors (Lipinski definition) is 3. The van der Waals surface area contributed by atoms with Crippen LogP contribution in [0.4, 0.5) is 0 Å². The Balaban J connectivity index is 1.47. The molecular weight excluding hydrogens is 322 g/mol. The lowest BCUT2D eigenvalue weighted by Crippen LogP contribution is -2.41. The summed E-state index contributed by atoms with van der Waals surface area (Å²) in [5.41, 5.74) is 1.77. The van der Waals surface area contributed by atoms with Crippen LogP contribution in [0.3, 0.4) is 0 Å². The number of imidazole rings is 1. The van der Waals surface area contributed by atoms with Gasteiger partial charge in [-0.1, -0.05) is 18.2 Å². The van der Waals surface area contributed by atoms with Crippen LogP contribution in [0, 0.1) is 0 Å². The Morgan fingerprint density at radius 1 is 1.17 bits per heavy atom. The number of nitrogens with one attached hydrogen (secondary N) is 1. The highest BCUT2D eigenvalue weighted by Gasteiger charge is 2.26. The van der Waals surface area contributed by atoms with Crippen molar-refractivity contribution in [2.45, 2.75) is 25.3 Å². The van der Waals surface area contributed by atoms with Gasteiger partial charge >= 0.3 is 5.69 Å². The van der Waals surface area contributed by atoms with Crippen LogP contribution in [0.5, 0.6) is 0 Å².